The summed E-state index contributed by atoms with van der Waals surface area (Å²) in [6.45, 7) is 4.44. The summed E-state index contributed by atoms with van der Waals surface area (Å²) in [4.78, 5) is 12.2. The first-order valence-corrected chi connectivity index (χ1v) is 10.0. The highest BCUT2D eigenvalue weighted by atomic mass is 16.5. The van der Waals surface area contributed by atoms with Crippen molar-refractivity contribution in [2.24, 2.45) is 5.10 Å². The van der Waals surface area contributed by atoms with Crippen molar-refractivity contribution in [3.63, 3.8) is 0 Å². The minimum Gasteiger partial charge on any atom is -0.494 e. The number of hydrogen-bond acceptors (Lipinski definition) is 4. The van der Waals surface area contributed by atoms with Crippen molar-refractivity contribution in [1.29, 1.82) is 0 Å². The fourth-order valence-corrected chi connectivity index (χ4v) is 2.75. The monoisotopic (exact) mass is 402 g/mol. The second-order valence-electron chi connectivity index (χ2n) is 6.80. The van der Waals surface area contributed by atoms with Crippen LogP contribution in [-0.2, 0) is 4.79 Å². The molecule has 3 rings (SSSR count). The van der Waals surface area contributed by atoms with Crippen LogP contribution in [0.3, 0.4) is 0 Å². The van der Waals surface area contributed by atoms with Crippen LogP contribution in [0.5, 0.6) is 11.5 Å². The standard InChI is InChI=1S/C25H26N2O3/c1-3-17-29-23-13-9-20(10-14-23)18-26-27-25(28)19(2)30-24-15-11-22(12-16-24)21-7-5-4-6-8-21/h4-16,18-19H,3,17H2,1-2H3,(H,27,28)/t19-/m1/s1. The normalized spacial score (nSPS) is 11.8. The molecule has 0 unspecified atom stereocenters. The van der Waals surface area contributed by atoms with Gasteiger partial charge in [0.1, 0.15) is 11.5 Å². The van der Waals surface area contributed by atoms with Crippen LogP contribution in [0, 0.1) is 0 Å². The summed E-state index contributed by atoms with van der Waals surface area (Å²) in [7, 11) is 0. The Morgan fingerprint density at radius 2 is 1.57 bits per heavy atom. The molecule has 0 aliphatic rings. The fraction of sp³-hybridized carbons (Fsp3) is 0.200. The Labute approximate surface area is 177 Å². The van der Waals surface area contributed by atoms with E-state index in [0.717, 1.165) is 28.9 Å². The van der Waals surface area contributed by atoms with Gasteiger partial charge in [0, 0.05) is 0 Å². The van der Waals surface area contributed by atoms with Crippen molar-refractivity contribution in [2.45, 2.75) is 26.4 Å². The molecule has 5 nitrogen and oxygen atoms in total. The number of hydrogen-bond donors (Lipinski definition) is 1. The molecule has 0 radical (unpaired) electrons. The van der Waals surface area contributed by atoms with Gasteiger partial charge in [0.05, 0.1) is 12.8 Å². The molecule has 5 heteroatoms. The van der Waals surface area contributed by atoms with E-state index in [1.165, 1.54) is 0 Å². The molecule has 0 heterocycles. The van der Waals surface area contributed by atoms with E-state index in [9.17, 15) is 4.79 Å². The lowest BCUT2D eigenvalue weighted by atomic mass is 10.1. The average molecular weight is 402 g/mol. The number of benzene rings is 3. The van der Waals surface area contributed by atoms with Gasteiger partial charge in [-0.2, -0.15) is 5.10 Å². The number of nitrogens with one attached hydrogen (secondary N) is 1. The largest absolute Gasteiger partial charge is 0.494 e. The second kappa shape index (κ2) is 10.8. The van der Waals surface area contributed by atoms with Gasteiger partial charge < -0.3 is 9.47 Å². The Kier molecular flexibility index (Phi) is 7.61. The summed E-state index contributed by atoms with van der Waals surface area (Å²) in [6.07, 6.45) is 1.88. The lowest BCUT2D eigenvalue weighted by molar-refractivity contribution is -0.127. The molecule has 0 aliphatic carbocycles. The molecule has 0 saturated heterocycles. The molecule has 1 N–H and O–H groups in total. The number of carbonyl (C=O) groups excluding carboxylic acids is 1. The average Bonchev–Trinajstić information content (AvgIpc) is 2.79. The molecule has 3 aromatic rings. The van der Waals surface area contributed by atoms with Crippen LogP contribution in [-0.4, -0.2) is 24.8 Å². The van der Waals surface area contributed by atoms with Crippen LogP contribution in [0.25, 0.3) is 11.1 Å². The molecule has 1 amide bonds. The number of nitrogens with zero attached hydrogens (tertiary/aromatic N) is 1. The summed E-state index contributed by atoms with van der Waals surface area (Å²) in [5.74, 6) is 1.13. The van der Waals surface area contributed by atoms with Crippen LogP contribution >= 0.6 is 0 Å². The van der Waals surface area contributed by atoms with Gasteiger partial charge in [-0.3, -0.25) is 4.79 Å². The Morgan fingerprint density at radius 3 is 2.23 bits per heavy atom. The third-order valence-electron chi connectivity index (χ3n) is 4.38. The van der Waals surface area contributed by atoms with E-state index in [2.05, 4.69) is 29.6 Å². The molecule has 0 bridgehead atoms. The maximum absolute atomic E-state index is 12.2. The third kappa shape index (κ3) is 6.21. The Hall–Kier alpha value is -3.60. The quantitative estimate of drug-likeness (QED) is 0.402. The molecule has 0 fully saturated rings. The number of carbonyl (C=O) groups is 1. The number of amides is 1. The molecule has 30 heavy (non-hydrogen) atoms. The molecule has 1 atom stereocenters. The predicted molar refractivity (Wildman–Crippen MR) is 120 cm³/mol. The van der Waals surface area contributed by atoms with E-state index >= 15 is 0 Å². The van der Waals surface area contributed by atoms with Gasteiger partial charge in [-0.05, 0) is 66.4 Å². The van der Waals surface area contributed by atoms with Crippen LogP contribution in [0.15, 0.2) is 84.0 Å². The summed E-state index contributed by atoms with van der Waals surface area (Å²) < 4.78 is 11.3. The zero-order valence-corrected chi connectivity index (χ0v) is 17.2. The van der Waals surface area contributed by atoms with Crippen LogP contribution < -0.4 is 14.9 Å². The van der Waals surface area contributed by atoms with Crippen molar-refractivity contribution in [3.05, 3.63) is 84.4 Å². The van der Waals surface area contributed by atoms with Crippen molar-refractivity contribution in [1.82, 2.24) is 5.43 Å². The highest BCUT2D eigenvalue weighted by Gasteiger charge is 2.13. The third-order valence-corrected chi connectivity index (χ3v) is 4.38. The summed E-state index contributed by atoms with van der Waals surface area (Å²) in [6, 6.07) is 25.3. The zero-order valence-electron chi connectivity index (χ0n) is 17.2. The minimum absolute atomic E-state index is 0.318. The molecular formula is C25H26N2O3. The lowest BCUT2D eigenvalue weighted by Crippen LogP contribution is -2.33. The fourth-order valence-electron chi connectivity index (χ4n) is 2.75. The predicted octanol–water partition coefficient (Wildman–Crippen LogP) is 5.06. The molecule has 154 valence electrons. The topological polar surface area (TPSA) is 59.9 Å². The first kappa shape index (κ1) is 21.1. The van der Waals surface area contributed by atoms with Gasteiger partial charge in [0.15, 0.2) is 6.10 Å². The first-order chi connectivity index (χ1) is 14.7. The van der Waals surface area contributed by atoms with E-state index in [1.807, 2.05) is 66.7 Å². The van der Waals surface area contributed by atoms with Gasteiger partial charge >= 0.3 is 0 Å². The molecule has 0 saturated carbocycles. The Morgan fingerprint density at radius 1 is 0.933 bits per heavy atom. The van der Waals surface area contributed by atoms with Gasteiger partial charge in [0.25, 0.3) is 5.91 Å². The highest BCUT2D eigenvalue weighted by Crippen LogP contribution is 2.22. The van der Waals surface area contributed by atoms with E-state index in [1.54, 1.807) is 13.1 Å². The highest BCUT2D eigenvalue weighted by molar-refractivity contribution is 5.84. The molecule has 0 aliphatic heterocycles. The van der Waals surface area contributed by atoms with Crippen molar-refractivity contribution in [3.8, 4) is 22.6 Å². The molecule has 0 spiro atoms. The summed E-state index contributed by atoms with van der Waals surface area (Å²) >= 11 is 0. The zero-order chi connectivity index (χ0) is 21.2. The maximum atomic E-state index is 12.2. The SMILES string of the molecule is CCCOc1ccc(C=NNC(=O)[C@@H](C)Oc2ccc(-c3ccccc3)cc2)cc1. The smallest absolute Gasteiger partial charge is 0.280 e. The number of ether oxygens (including phenoxy) is 2. The van der Waals surface area contributed by atoms with Gasteiger partial charge in [-0.1, -0.05) is 49.4 Å². The first-order valence-electron chi connectivity index (χ1n) is 10.0. The van der Waals surface area contributed by atoms with E-state index in [-0.39, 0.29) is 5.91 Å². The Bertz CT molecular complexity index is 952. The van der Waals surface area contributed by atoms with Gasteiger partial charge in [-0.25, -0.2) is 5.43 Å². The van der Waals surface area contributed by atoms with E-state index in [4.69, 9.17) is 9.47 Å². The van der Waals surface area contributed by atoms with E-state index < -0.39 is 6.10 Å². The summed E-state index contributed by atoms with van der Waals surface area (Å²) in [5.41, 5.74) is 5.60. The van der Waals surface area contributed by atoms with Crippen LogP contribution in [0.1, 0.15) is 25.8 Å². The van der Waals surface area contributed by atoms with Gasteiger partial charge in [0.2, 0.25) is 0 Å². The Balaban J connectivity index is 1.49. The van der Waals surface area contributed by atoms with E-state index in [0.29, 0.717) is 12.4 Å². The van der Waals surface area contributed by atoms with Crippen LogP contribution in [0.2, 0.25) is 0 Å². The van der Waals surface area contributed by atoms with Crippen molar-refractivity contribution >= 4 is 12.1 Å². The summed E-state index contributed by atoms with van der Waals surface area (Å²) in [5, 5.41) is 4.00. The second-order valence-corrected chi connectivity index (χ2v) is 6.80. The minimum atomic E-state index is -0.672. The van der Waals surface area contributed by atoms with Crippen LogP contribution in [0.4, 0.5) is 0 Å². The molecular weight excluding hydrogens is 376 g/mol. The molecule has 0 aromatic heterocycles. The van der Waals surface area contributed by atoms with Crippen molar-refractivity contribution in [2.75, 3.05) is 6.61 Å². The van der Waals surface area contributed by atoms with Crippen molar-refractivity contribution < 1.29 is 14.3 Å². The maximum Gasteiger partial charge on any atom is 0.280 e. The molecule has 3 aromatic carbocycles. The van der Waals surface area contributed by atoms with Gasteiger partial charge in [-0.15, -0.1) is 0 Å². The lowest BCUT2D eigenvalue weighted by Gasteiger charge is -2.13. The number of hydrazone groups is 1. The number of rotatable bonds is 9.